The molecule has 2 aromatic heterocycles. The third-order valence-corrected chi connectivity index (χ3v) is 8.75. The zero-order valence-electron chi connectivity index (χ0n) is 16.5. The molecule has 0 nitrogen and oxygen atoms in total. The Morgan fingerprint density at radius 2 is 1.19 bits per heavy atom. The van der Waals surface area contributed by atoms with Crippen LogP contribution in [0, 0.1) is 11.8 Å². The summed E-state index contributed by atoms with van der Waals surface area (Å²) in [6.07, 6.45) is 2.12. The highest BCUT2D eigenvalue weighted by Crippen LogP contribution is 2.33. The van der Waals surface area contributed by atoms with E-state index < -0.39 is 0 Å². The predicted molar refractivity (Wildman–Crippen MR) is 144 cm³/mol. The molecule has 0 aliphatic heterocycles. The standard InChI is InChI=1S/C27H15BrS3/c1-29-25-13-23-15-27-19(5-7-31-27)11-21(23)9-17(25)3-2-16-8-20-10-18-4-6-30-26(18)14-22(20)12-24(16)28/h4-15H,1H3. The van der Waals surface area contributed by atoms with Gasteiger partial charge in [0.25, 0.3) is 0 Å². The largest absolute Gasteiger partial charge is 0.144 e. The maximum absolute atomic E-state index is 3.74. The second-order valence-corrected chi connectivity index (χ2v) is 11.0. The third-order valence-electron chi connectivity index (χ3n) is 5.56. The highest BCUT2D eigenvalue weighted by atomic mass is 79.9. The molecule has 148 valence electrons. The van der Waals surface area contributed by atoms with Crippen LogP contribution in [0.3, 0.4) is 0 Å². The number of hydrogen-bond donors (Lipinski definition) is 0. The fraction of sp³-hybridized carbons (Fsp3) is 0.0370. The summed E-state index contributed by atoms with van der Waals surface area (Å²) in [5, 5.41) is 11.9. The molecule has 0 N–H and O–H groups in total. The number of thioether (sulfide) groups is 1. The average Bonchev–Trinajstić information content (AvgIpc) is 3.42. The van der Waals surface area contributed by atoms with E-state index in [0.29, 0.717) is 0 Å². The van der Waals surface area contributed by atoms with E-state index in [1.54, 1.807) is 34.4 Å². The first kappa shape index (κ1) is 19.4. The van der Waals surface area contributed by atoms with Crippen LogP contribution in [-0.4, -0.2) is 6.26 Å². The van der Waals surface area contributed by atoms with Gasteiger partial charge in [-0.25, -0.2) is 0 Å². The molecule has 0 unspecified atom stereocenters. The zero-order valence-corrected chi connectivity index (χ0v) is 20.6. The Kier molecular flexibility index (Phi) is 4.81. The van der Waals surface area contributed by atoms with Crippen molar-refractivity contribution in [3.63, 3.8) is 0 Å². The van der Waals surface area contributed by atoms with Gasteiger partial charge in [-0.2, -0.15) is 0 Å². The predicted octanol–water partition coefficient (Wildman–Crippen LogP) is 9.31. The van der Waals surface area contributed by atoms with Gasteiger partial charge in [0, 0.05) is 29.9 Å². The van der Waals surface area contributed by atoms with Crippen LogP contribution in [-0.2, 0) is 0 Å². The molecule has 2 heterocycles. The molecule has 0 spiro atoms. The van der Waals surface area contributed by atoms with Crippen LogP contribution in [0.25, 0.3) is 41.7 Å². The number of fused-ring (bicyclic) bond motifs is 4. The van der Waals surface area contributed by atoms with Crippen molar-refractivity contribution < 1.29 is 0 Å². The summed E-state index contributed by atoms with van der Waals surface area (Å²) in [5.74, 6) is 6.89. The molecular formula is C27H15BrS3. The van der Waals surface area contributed by atoms with Crippen LogP contribution >= 0.6 is 50.4 Å². The topological polar surface area (TPSA) is 0 Å². The second-order valence-electron chi connectivity index (χ2n) is 7.45. The van der Waals surface area contributed by atoms with Gasteiger partial charge < -0.3 is 0 Å². The van der Waals surface area contributed by atoms with Crippen molar-refractivity contribution in [2.24, 2.45) is 0 Å². The summed E-state index contributed by atoms with van der Waals surface area (Å²) in [4.78, 5) is 1.22. The van der Waals surface area contributed by atoms with E-state index in [9.17, 15) is 0 Å². The minimum atomic E-state index is 1.02. The zero-order chi connectivity index (χ0) is 20.9. The highest BCUT2D eigenvalue weighted by molar-refractivity contribution is 9.10. The van der Waals surface area contributed by atoms with Crippen molar-refractivity contribution in [3.8, 4) is 11.8 Å². The summed E-state index contributed by atoms with van der Waals surface area (Å²) in [7, 11) is 0. The van der Waals surface area contributed by atoms with Crippen molar-refractivity contribution in [1.82, 2.24) is 0 Å². The molecular weight excluding hydrogens is 500 g/mol. The van der Waals surface area contributed by atoms with Gasteiger partial charge in [-0.05, 0) is 126 Å². The SMILES string of the molecule is CSc1cc2cc3sccc3cc2cc1C#Cc1cc2cc3ccsc3cc2cc1Br. The second kappa shape index (κ2) is 7.69. The van der Waals surface area contributed by atoms with E-state index >= 15 is 0 Å². The smallest absolute Gasteiger partial charge is 0.0397 e. The van der Waals surface area contributed by atoms with E-state index in [1.807, 2.05) is 0 Å². The maximum Gasteiger partial charge on any atom is 0.0397 e. The van der Waals surface area contributed by atoms with E-state index in [2.05, 4.69) is 105 Å². The molecule has 0 radical (unpaired) electrons. The molecule has 0 saturated carbocycles. The van der Waals surface area contributed by atoms with Crippen molar-refractivity contribution in [2.75, 3.05) is 6.26 Å². The Bertz CT molecular complexity index is 1690. The lowest BCUT2D eigenvalue weighted by atomic mass is 10.0. The fourth-order valence-corrected chi connectivity index (χ4v) is 6.64. The van der Waals surface area contributed by atoms with Gasteiger partial charge in [-0.15, -0.1) is 34.4 Å². The molecule has 0 aliphatic rings. The van der Waals surface area contributed by atoms with Crippen LogP contribution in [0.4, 0.5) is 0 Å². The molecule has 6 aromatic rings. The molecule has 0 fully saturated rings. The molecule has 31 heavy (non-hydrogen) atoms. The van der Waals surface area contributed by atoms with Gasteiger partial charge in [0.05, 0.1) is 0 Å². The number of halogens is 1. The monoisotopic (exact) mass is 514 g/mol. The first-order valence-corrected chi connectivity index (χ1v) is 13.6. The lowest BCUT2D eigenvalue weighted by molar-refractivity contribution is 1.46. The Morgan fingerprint density at radius 3 is 1.84 bits per heavy atom. The van der Waals surface area contributed by atoms with Crippen LogP contribution in [0.1, 0.15) is 11.1 Å². The van der Waals surface area contributed by atoms with E-state index in [0.717, 1.165) is 15.6 Å². The highest BCUT2D eigenvalue weighted by Gasteiger charge is 2.07. The molecule has 0 bridgehead atoms. The van der Waals surface area contributed by atoms with Crippen LogP contribution < -0.4 is 0 Å². The summed E-state index contributed by atoms with van der Waals surface area (Å²) in [6, 6.07) is 22.3. The van der Waals surface area contributed by atoms with Gasteiger partial charge in [0.2, 0.25) is 0 Å². The van der Waals surface area contributed by atoms with Crippen molar-refractivity contribution in [3.05, 3.63) is 87.0 Å². The Balaban J connectivity index is 1.49. The number of hydrogen-bond acceptors (Lipinski definition) is 3. The van der Waals surface area contributed by atoms with Crippen molar-refractivity contribution in [1.29, 1.82) is 0 Å². The molecule has 0 amide bonds. The molecule has 4 heteroatoms. The van der Waals surface area contributed by atoms with Gasteiger partial charge in [0.15, 0.2) is 0 Å². The van der Waals surface area contributed by atoms with Gasteiger partial charge in [-0.1, -0.05) is 11.8 Å². The Morgan fingerprint density at radius 1 is 0.645 bits per heavy atom. The molecule has 0 atom stereocenters. The quantitative estimate of drug-likeness (QED) is 0.155. The molecule has 4 aromatic carbocycles. The van der Waals surface area contributed by atoms with Gasteiger partial charge in [-0.3, -0.25) is 0 Å². The average molecular weight is 516 g/mol. The maximum atomic E-state index is 3.74. The minimum Gasteiger partial charge on any atom is -0.144 e. The lowest BCUT2D eigenvalue weighted by Gasteiger charge is -2.06. The summed E-state index contributed by atoms with van der Waals surface area (Å²) in [5.41, 5.74) is 2.09. The Hall–Kier alpha value is -2.29. The van der Waals surface area contributed by atoms with E-state index in [1.165, 1.54) is 46.6 Å². The van der Waals surface area contributed by atoms with E-state index in [-0.39, 0.29) is 0 Å². The summed E-state index contributed by atoms with van der Waals surface area (Å²) in [6.45, 7) is 0. The van der Waals surface area contributed by atoms with Gasteiger partial charge in [0.1, 0.15) is 0 Å². The number of thiophene rings is 2. The normalized spacial score (nSPS) is 11.4. The Labute approximate surface area is 201 Å². The minimum absolute atomic E-state index is 1.02. The van der Waals surface area contributed by atoms with Crippen LogP contribution in [0.2, 0.25) is 0 Å². The van der Waals surface area contributed by atoms with Crippen LogP contribution in [0.15, 0.2) is 80.8 Å². The fourth-order valence-electron chi connectivity index (χ4n) is 3.97. The third kappa shape index (κ3) is 3.46. The first-order chi connectivity index (χ1) is 15.2. The van der Waals surface area contributed by atoms with Crippen molar-refractivity contribution >= 4 is 92.1 Å². The number of rotatable bonds is 1. The van der Waals surface area contributed by atoms with Crippen LogP contribution in [0.5, 0.6) is 0 Å². The van der Waals surface area contributed by atoms with Gasteiger partial charge >= 0.3 is 0 Å². The first-order valence-electron chi connectivity index (χ1n) is 9.79. The number of benzene rings is 4. The molecule has 0 saturated heterocycles. The van der Waals surface area contributed by atoms with Crippen molar-refractivity contribution in [2.45, 2.75) is 4.90 Å². The molecule has 0 aliphatic carbocycles. The molecule has 6 rings (SSSR count). The summed E-state index contributed by atoms with van der Waals surface area (Å²) < 4.78 is 3.69. The lowest BCUT2D eigenvalue weighted by Crippen LogP contribution is -1.85. The van der Waals surface area contributed by atoms with E-state index in [4.69, 9.17) is 0 Å². The summed E-state index contributed by atoms with van der Waals surface area (Å²) >= 11 is 9.07.